The van der Waals surface area contributed by atoms with Crippen LogP contribution in [0.2, 0.25) is 0 Å². The Morgan fingerprint density at radius 1 is 1.29 bits per heavy atom. The van der Waals surface area contributed by atoms with Crippen molar-refractivity contribution in [2.75, 3.05) is 0 Å². The predicted octanol–water partition coefficient (Wildman–Crippen LogP) is 2.81. The molecule has 0 aliphatic carbocycles. The lowest BCUT2D eigenvalue weighted by Gasteiger charge is -2.01. The Bertz CT molecular complexity index is 843. The highest BCUT2D eigenvalue weighted by Crippen LogP contribution is 2.11. The minimum atomic E-state index is -0.178. The summed E-state index contributed by atoms with van der Waals surface area (Å²) < 4.78 is 6.84. The number of hydrogen-bond donors (Lipinski definition) is 1. The predicted molar refractivity (Wildman–Crippen MR) is 90.4 cm³/mol. The number of carbonyl (C=O) groups excluding carboxylic acids is 1. The van der Waals surface area contributed by atoms with E-state index < -0.39 is 0 Å². The second-order valence-corrected chi connectivity index (χ2v) is 5.41. The summed E-state index contributed by atoms with van der Waals surface area (Å²) in [6, 6.07) is 9.80. The van der Waals surface area contributed by atoms with E-state index in [-0.39, 0.29) is 5.91 Å². The lowest BCUT2D eigenvalue weighted by molar-refractivity contribution is -0.116. The molecule has 3 rings (SSSR count). The number of aromatic nitrogens is 3. The SMILES string of the molecule is Cc1noc(C)c1CNC(=O)/C=C/c1cnn(-c2ccccc2)c1. The zero-order chi connectivity index (χ0) is 16.9. The third-order valence-corrected chi connectivity index (χ3v) is 3.67. The van der Waals surface area contributed by atoms with Crippen LogP contribution in [-0.2, 0) is 11.3 Å². The number of amides is 1. The van der Waals surface area contributed by atoms with Crippen LogP contribution in [0.4, 0.5) is 0 Å². The summed E-state index contributed by atoms with van der Waals surface area (Å²) in [7, 11) is 0. The molecule has 0 radical (unpaired) electrons. The topological polar surface area (TPSA) is 73.0 Å². The van der Waals surface area contributed by atoms with Crippen LogP contribution in [0.15, 0.2) is 53.3 Å². The van der Waals surface area contributed by atoms with Crippen LogP contribution in [-0.4, -0.2) is 20.8 Å². The van der Waals surface area contributed by atoms with E-state index in [0.29, 0.717) is 6.54 Å². The molecule has 122 valence electrons. The fourth-order valence-electron chi connectivity index (χ4n) is 2.31. The first kappa shape index (κ1) is 15.7. The van der Waals surface area contributed by atoms with E-state index >= 15 is 0 Å². The quantitative estimate of drug-likeness (QED) is 0.733. The number of aryl methyl sites for hydroxylation is 2. The molecule has 24 heavy (non-hydrogen) atoms. The molecular formula is C18H18N4O2. The lowest BCUT2D eigenvalue weighted by atomic mass is 10.2. The van der Waals surface area contributed by atoms with Gasteiger partial charge in [0.05, 0.1) is 17.6 Å². The van der Waals surface area contributed by atoms with Crippen LogP contribution in [0.25, 0.3) is 11.8 Å². The smallest absolute Gasteiger partial charge is 0.244 e. The van der Waals surface area contributed by atoms with Crippen LogP contribution in [0.5, 0.6) is 0 Å². The van der Waals surface area contributed by atoms with Crippen LogP contribution < -0.4 is 5.32 Å². The highest BCUT2D eigenvalue weighted by Gasteiger charge is 2.09. The van der Waals surface area contributed by atoms with E-state index in [0.717, 1.165) is 28.3 Å². The average molecular weight is 322 g/mol. The molecule has 0 spiro atoms. The zero-order valence-corrected chi connectivity index (χ0v) is 13.6. The Morgan fingerprint density at radius 2 is 2.08 bits per heavy atom. The van der Waals surface area contributed by atoms with E-state index in [1.807, 2.05) is 50.4 Å². The standard InChI is InChI=1S/C18H18N4O2/c1-13-17(14(2)24-21-13)11-19-18(23)9-8-15-10-20-22(12-15)16-6-4-3-5-7-16/h3-10,12H,11H2,1-2H3,(H,19,23)/b9-8+. The summed E-state index contributed by atoms with van der Waals surface area (Å²) in [5, 5.41) is 11.0. The molecule has 2 heterocycles. The van der Waals surface area contributed by atoms with Crippen molar-refractivity contribution in [2.45, 2.75) is 20.4 Å². The third kappa shape index (κ3) is 3.60. The highest BCUT2D eigenvalue weighted by atomic mass is 16.5. The normalized spacial score (nSPS) is 11.1. The first-order valence-electron chi connectivity index (χ1n) is 7.61. The molecule has 2 aromatic heterocycles. The first-order valence-corrected chi connectivity index (χ1v) is 7.61. The number of hydrogen-bond acceptors (Lipinski definition) is 4. The number of nitrogens with one attached hydrogen (secondary N) is 1. The van der Waals surface area contributed by atoms with Crippen molar-refractivity contribution in [3.8, 4) is 5.69 Å². The largest absolute Gasteiger partial charge is 0.361 e. The van der Waals surface area contributed by atoms with Crippen molar-refractivity contribution in [2.24, 2.45) is 0 Å². The molecule has 0 saturated carbocycles. The number of rotatable bonds is 5. The van der Waals surface area contributed by atoms with Gasteiger partial charge in [0.25, 0.3) is 0 Å². The Morgan fingerprint density at radius 3 is 2.79 bits per heavy atom. The van der Waals surface area contributed by atoms with Crippen molar-refractivity contribution >= 4 is 12.0 Å². The molecular weight excluding hydrogens is 304 g/mol. The van der Waals surface area contributed by atoms with Gasteiger partial charge in [-0.25, -0.2) is 4.68 Å². The summed E-state index contributed by atoms with van der Waals surface area (Å²) in [5.74, 6) is 0.545. The van der Waals surface area contributed by atoms with Gasteiger partial charge in [0, 0.05) is 29.9 Å². The van der Waals surface area contributed by atoms with Crippen molar-refractivity contribution in [1.29, 1.82) is 0 Å². The van der Waals surface area contributed by atoms with Gasteiger partial charge in [-0.1, -0.05) is 23.4 Å². The van der Waals surface area contributed by atoms with Crippen molar-refractivity contribution < 1.29 is 9.32 Å². The van der Waals surface area contributed by atoms with E-state index in [1.54, 1.807) is 17.0 Å². The monoisotopic (exact) mass is 322 g/mol. The Kier molecular flexibility index (Phi) is 4.56. The minimum Gasteiger partial charge on any atom is -0.361 e. The van der Waals surface area contributed by atoms with E-state index in [4.69, 9.17) is 4.52 Å². The van der Waals surface area contributed by atoms with Crippen molar-refractivity contribution in [3.63, 3.8) is 0 Å². The van der Waals surface area contributed by atoms with Gasteiger partial charge in [0.2, 0.25) is 5.91 Å². The fourth-order valence-corrected chi connectivity index (χ4v) is 2.31. The molecule has 0 fully saturated rings. The van der Waals surface area contributed by atoms with Gasteiger partial charge in [-0.3, -0.25) is 4.79 Å². The van der Waals surface area contributed by atoms with Crippen LogP contribution in [0, 0.1) is 13.8 Å². The second-order valence-electron chi connectivity index (χ2n) is 5.41. The van der Waals surface area contributed by atoms with Gasteiger partial charge >= 0.3 is 0 Å². The molecule has 1 N–H and O–H groups in total. The molecule has 0 unspecified atom stereocenters. The molecule has 0 saturated heterocycles. The van der Waals surface area contributed by atoms with Crippen LogP contribution >= 0.6 is 0 Å². The summed E-state index contributed by atoms with van der Waals surface area (Å²) in [5.41, 5.74) is 3.53. The minimum absolute atomic E-state index is 0.178. The summed E-state index contributed by atoms with van der Waals surface area (Å²) in [6.07, 6.45) is 6.80. The van der Waals surface area contributed by atoms with Crippen molar-refractivity contribution in [1.82, 2.24) is 20.3 Å². The highest BCUT2D eigenvalue weighted by molar-refractivity contribution is 5.91. The number of para-hydroxylation sites is 1. The van der Waals surface area contributed by atoms with Crippen molar-refractivity contribution in [3.05, 3.63) is 71.4 Å². The van der Waals surface area contributed by atoms with Gasteiger partial charge in [-0.05, 0) is 32.1 Å². The number of carbonyl (C=O) groups is 1. The van der Waals surface area contributed by atoms with Gasteiger partial charge in [0.1, 0.15) is 5.76 Å². The summed E-state index contributed by atoms with van der Waals surface area (Å²) in [4.78, 5) is 11.9. The van der Waals surface area contributed by atoms with Gasteiger partial charge in [0.15, 0.2) is 0 Å². The maximum Gasteiger partial charge on any atom is 0.244 e. The van der Waals surface area contributed by atoms with Crippen LogP contribution in [0.1, 0.15) is 22.6 Å². The van der Waals surface area contributed by atoms with E-state index in [9.17, 15) is 4.79 Å². The lowest BCUT2D eigenvalue weighted by Crippen LogP contribution is -2.20. The van der Waals surface area contributed by atoms with E-state index in [2.05, 4.69) is 15.6 Å². The molecule has 0 atom stereocenters. The summed E-state index contributed by atoms with van der Waals surface area (Å²) in [6.45, 7) is 4.08. The number of nitrogens with zero attached hydrogens (tertiary/aromatic N) is 3. The summed E-state index contributed by atoms with van der Waals surface area (Å²) >= 11 is 0. The fraction of sp³-hybridized carbons (Fsp3) is 0.167. The molecule has 1 aromatic carbocycles. The molecule has 0 aliphatic heterocycles. The zero-order valence-electron chi connectivity index (χ0n) is 13.6. The maximum absolute atomic E-state index is 11.9. The Balaban J connectivity index is 1.60. The van der Waals surface area contributed by atoms with Crippen LogP contribution in [0.3, 0.4) is 0 Å². The van der Waals surface area contributed by atoms with Gasteiger partial charge in [-0.15, -0.1) is 0 Å². The molecule has 3 aromatic rings. The molecule has 6 heteroatoms. The Labute approximate surface area is 139 Å². The Hall–Kier alpha value is -3.15. The molecule has 6 nitrogen and oxygen atoms in total. The third-order valence-electron chi connectivity index (χ3n) is 3.67. The average Bonchev–Trinajstić information content (AvgIpc) is 3.19. The second kappa shape index (κ2) is 6.95. The first-order chi connectivity index (χ1) is 11.6. The van der Waals surface area contributed by atoms with E-state index in [1.165, 1.54) is 6.08 Å². The molecule has 0 bridgehead atoms. The molecule has 0 aliphatic rings. The number of benzene rings is 1. The maximum atomic E-state index is 11.9. The van der Waals surface area contributed by atoms with Gasteiger partial charge in [-0.2, -0.15) is 5.10 Å². The molecule has 1 amide bonds. The van der Waals surface area contributed by atoms with Gasteiger partial charge < -0.3 is 9.84 Å².